The normalized spacial score (nSPS) is 17.0. The van der Waals surface area contributed by atoms with Crippen molar-refractivity contribution in [2.75, 3.05) is 17.6 Å². The van der Waals surface area contributed by atoms with E-state index in [0.717, 1.165) is 12.2 Å². The first-order valence-electron chi connectivity index (χ1n) is 6.66. The number of hydrogen-bond acceptors (Lipinski definition) is 4. The van der Waals surface area contributed by atoms with E-state index in [4.69, 9.17) is 10.2 Å². The van der Waals surface area contributed by atoms with Gasteiger partial charge in [0.15, 0.2) is 5.58 Å². The number of nitrogens with one attached hydrogen (secondary N) is 2. The maximum Gasteiger partial charge on any atom is 0.417 e. The predicted octanol–water partition coefficient (Wildman–Crippen LogP) is 2.55. The number of aromatic nitrogens is 1. The molecule has 0 saturated heterocycles. The van der Waals surface area contributed by atoms with Gasteiger partial charge in [-0.3, -0.25) is 4.98 Å². The van der Waals surface area contributed by atoms with Crippen LogP contribution < -0.4 is 16.8 Å². The smallest absolute Gasteiger partial charge is 0.408 e. The van der Waals surface area contributed by atoms with Crippen molar-refractivity contribution in [1.82, 2.24) is 4.98 Å². The van der Waals surface area contributed by atoms with Crippen molar-refractivity contribution in [2.45, 2.75) is 26.7 Å². The Balaban J connectivity index is 1.84. The van der Waals surface area contributed by atoms with Crippen molar-refractivity contribution in [1.29, 1.82) is 0 Å². The average Bonchev–Trinajstić information content (AvgIpc) is 3.04. The highest BCUT2D eigenvalue weighted by Gasteiger charge is 2.44. The molecule has 1 aromatic heterocycles. The minimum atomic E-state index is -0.451. The maximum absolute atomic E-state index is 11.1. The standard InChI is InChI=1S/C14H19N3O2/c1-8(2)14(3-4-14)7-16-10-6-11-12(5-9(10)15)19-13(18)17-11/h5-6,8,16H,3-4,7,15H2,1-2H3,(H,17,18). The second-order valence-electron chi connectivity index (χ2n) is 5.82. The van der Waals surface area contributed by atoms with Crippen molar-refractivity contribution in [2.24, 2.45) is 11.3 Å². The van der Waals surface area contributed by atoms with Crippen LogP contribution >= 0.6 is 0 Å². The fourth-order valence-electron chi connectivity index (χ4n) is 2.56. The molecule has 1 fully saturated rings. The Morgan fingerprint density at radius 2 is 2.21 bits per heavy atom. The predicted molar refractivity (Wildman–Crippen MR) is 76.2 cm³/mol. The van der Waals surface area contributed by atoms with Crippen LogP contribution in [0.5, 0.6) is 0 Å². The van der Waals surface area contributed by atoms with Crippen LogP contribution in [-0.2, 0) is 0 Å². The number of nitrogens with two attached hydrogens (primary N) is 1. The number of oxazole rings is 1. The summed E-state index contributed by atoms with van der Waals surface area (Å²) in [5.74, 6) is 0.214. The maximum atomic E-state index is 11.1. The molecule has 5 nitrogen and oxygen atoms in total. The molecule has 1 saturated carbocycles. The summed E-state index contributed by atoms with van der Waals surface area (Å²) in [6.45, 7) is 5.44. The Labute approximate surface area is 111 Å². The van der Waals surface area contributed by atoms with Crippen molar-refractivity contribution in [3.05, 3.63) is 22.7 Å². The Morgan fingerprint density at radius 1 is 1.47 bits per heavy atom. The second-order valence-corrected chi connectivity index (χ2v) is 5.82. The van der Waals surface area contributed by atoms with Gasteiger partial charge in [0, 0.05) is 12.6 Å². The molecule has 2 aromatic rings. The van der Waals surface area contributed by atoms with Gasteiger partial charge in [-0.05, 0) is 30.2 Å². The lowest BCUT2D eigenvalue weighted by atomic mass is 9.92. The van der Waals surface area contributed by atoms with Crippen molar-refractivity contribution < 1.29 is 4.42 Å². The topological polar surface area (TPSA) is 84.0 Å². The number of fused-ring (bicyclic) bond motifs is 1. The van der Waals surface area contributed by atoms with Gasteiger partial charge in [-0.1, -0.05) is 13.8 Å². The van der Waals surface area contributed by atoms with Crippen molar-refractivity contribution >= 4 is 22.5 Å². The zero-order valence-corrected chi connectivity index (χ0v) is 11.2. The number of anilines is 2. The van der Waals surface area contributed by atoms with E-state index in [1.54, 1.807) is 6.07 Å². The summed E-state index contributed by atoms with van der Waals surface area (Å²) in [6, 6.07) is 3.52. The lowest BCUT2D eigenvalue weighted by molar-refractivity contribution is 0.380. The van der Waals surface area contributed by atoms with E-state index >= 15 is 0 Å². The van der Waals surface area contributed by atoms with Crippen LogP contribution in [0.4, 0.5) is 11.4 Å². The van der Waals surface area contributed by atoms with E-state index in [9.17, 15) is 4.79 Å². The van der Waals surface area contributed by atoms with E-state index in [0.29, 0.717) is 28.1 Å². The molecule has 0 atom stereocenters. The van der Waals surface area contributed by atoms with Crippen LogP contribution in [0.3, 0.4) is 0 Å². The van der Waals surface area contributed by atoms with E-state index in [-0.39, 0.29) is 0 Å². The summed E-state index contributed by atoms with van der Waals surface area (Å²) in [4.78, 5) is 13.8. The summed E-state index contributed by atoms with van der Waals surface area (Å²) in [5.41, 5.74) is 9.03. The number of hydrogen-bond donors (Lipinski definition) is 3. The van der Waals surface area contributed by atoms with Gasteiger partial charge in [-0.15, -0.1) is 0 Å². The van der Waals surface area contributed by atoms with Crippen LogP contribution in [0.15, 0.2) is 21.3 Å². The van der Waals surface area contributed by atoms with Crippen LogP contribution in [0.2, 0.25) is 0 Å². The minimum Gasteiger partial charge on any atom is -0.408 e. The van der Waals surface area contributed by atoms with Crippen LogP contribution in [0.1, 0.15) is 26.7 Å². The van der Waals surface area contributed by atoms with E-state index in [2.05, 4.69) is 24.1 Å². The molecule has 102 valence electrons. The molecule has 4 N–H and O–H groups in total. The Kier molecular flexibility index (Phi) is 2.59. The summed E-state index contributed by atoms with van der Waals surface area (Å²) in [7, 11) is 0. The molecule has 0 bridgehead atoms. The van der Waals surface area contributed by atoms with Crippen molar-refractivity contribution in [3.8, 4) is 0 Å². The molecule has 1 aliphatic carbocycles. The molecule has 0 unspecified atom stereocenters. The molecule has 3 rings (SSSR count). The third kappa shape index (κ3) is 2.09. The van der Waals surface area contributed by atoms with Crippen LogP contribution in [0, 0.1) is 11.3 Å². The number of rotatable bonds is 4. The summed E-state index contributed by atoms with van der Waals surface area (Å²) >= 11 is 0. The quantitative estimate of drug-likeness (QED) is 0.738. The van der Waals surface area contributed by atoms with E-state index in [1.165, 1.54) is 12.8 Å². The highest BCUT2D eigenvalue weighted by atomic mass is 16.4. The average molecular weight is 261 g/mol. The van der Waals surface area contributed by atoms with Gasteiger partial charge < -0.3 is 15.5 Å². The minimum absolute atomic E-state index is 0.408. The first-order valence-corrected chi connectivity index (χ1v) is 6.66. The number of H-pyrrole nitrogens is 1. The number of nitrogen functional groups attached to an aromatic ring is 1. The van der Waals surface area contributed by atoms with Gasteiger partial charge in [0.25, 0.3) is 0 Å². The van der Waals surface area contributed by atoms with Gasteiger partial charge in [0.05, 0.1) is 16.9 Å². The Bertz CT molecular complexity index is 665. The summed E-state index contributed by atoms with van der Waals surface area (Å²) in [5, 5.41) is 3.41. The fraction of sp³-hybridized carbons (Fsp3) is 0.500. The molecule has 0 spiro atoms. The van der Waals surface area contributed by atoms with Gasteiger partial charge in [0.2, 0.25) is 0 Å². The third-order valence-electron chi connectivity index (χ3n) is 4.34. The first-order chi connectivity index (χ1) is 9.00. The number of benzene rings is 1. The van der Waals surface area contributed by atoms with Crippen molar-refractivity contribution in [3.63, 3.8) is 0 Å². The Hall–Kier alpha value is -1.91. The Morgan fingerprint density at radius 3 is 2.84 bits per heavy atom. The van der Waals surface area contributed by atoms with Gasteiger partial charge >= 0.3 is 5.76 Å². The van der Waals surface area contributed by atoms with E-state index in [1.807, 2.05) is 6.07 Å². The van der Waals surface area contributed by atoms with Crippen LogP contribution in [-0.4, -0.2) is 11.5 Å². The molecule has 0 aliphatic heterocycles. The fourth-order valence-corrected chi connectivity index (χ4v) is 2.56. The highest BCUT2D eigenvalue weighted by molar-refractivity contribution is 5.85. The van der Waals surface area contributed by atoms with Gasteiger partial charge in [-0.25, -0.2) is 4.79 Å². The lowest BCUT2D eigenvalue weighted by Gasteiger charge is -2.21. The SMILES string of the molecule is CC(C)C1(CNc2cc3[nH]c(=O)oc3cc2N)CC1. The molecule has 0 radical (unpaired) electrons. The first kappa shape index (κ1) is 12.1. The summed E-state index contributed by atoms with van der Waals surface area (Å²) < 4.78 is 4.98. The third-order valence-corrected chi connectivity index (χ3v) is 4.34. The highest BCUT2D eigenvalue weighted by Crippen LogP contribution is 2.51. The van der Waals surface area contributed by atoms with Crippen LogP contribution in [0.25, 0.3) is 11.1 Å². The number of aromatic amines is 1. The molecular weight excluding hydrogens is 242 g/mol. The summed E-state index contributed by atoms with van der Waals surface area (Å²) in [6.07, 6.45) is 2.53. The monoisotopic (exact) mass is 261 g/mol. The molecule has 5 heteroatoms. The zero-order chi connectivity index (χ0) is 13.6. The molecular formula is C14H19N3O2. The second kappa shape index (κ2) is 4.05. The van der Waals surface area contributed by atoms with Gasteiger partial charge in [-0.2, -0.15) is 0 Å². The molecule has 1 heterocycles. The lowest BCUT2D eigenvalue weighted by Crippen LogP contribution is -2.21. The molecule has 0 amide bonds. The zero-order valence-electron chi connectivity index (χ0n) is 11.2. The van der Waals surface area contributed by atoms with Gasteiger partial charge in [0.1, 0.15) is 0 Å². The largest absolute Gasteiger partial charge is 0.417 e. The molecule has 1 aliphatic rings. The van der Waals surface area contributed by atoms with E-state index < -0.39 is 5.76 Å². The molecule has 1 aromatic carbocycles. The molecule has 19 heavy (non-hydrogen) atoms.